The minimum absolute atomic E-state index is 0.00126. The van der Waals surface area contributed by atoms with Crippen molar-refractivity contribution >= 4 is 17.5 Å². The molecule has 41 heavy (non-hydrogen) atoms. The van der Waals surface area contributed by atoms with Gasteiger partial charge in [-0.15, -0.1) is 0 Å². The number of aliphatic hydroxyl groups is 1. The summed E-state index contributed by atoms with van der Waals surface area (Å²) < 4.78 is 6.44. The van der Waals surface area contributed by atoms with Crippen molar-refractivity contribution in [2.24, 2.45) is 17.3 Å². The second-order valence-electron chi connectivity index (χ2n) is 12.2. The lowest BCUT2D eigenvalue weighted by molar-refractivity contribution is -0.137. The Hall–Kier alpha value is -3.67. The highest BCUT2D eigenvalue weighted by atomic mass is 16.5. The third kappa shape index (κ3) is 6.64. The Morgan fingerprint density at radius 3 is 2.20 bits per heavy atom. The van der Waals surface area contributed by atoms with Crippen LogP contribution in [0.5, 0.6) is 0 Å². The summed E-state index contributed by atoms with van der Waals surface area (Å²) in [5, 5.41) is 21.7. The standard InChI is InChI=1S/C35H44O6/c1-20(2)14-15-26(22(5)6)19-35(17-16-21(3)4)33(40)29(27(18-28(36)37)25-12-10-9-11-13-25)32(39)30-31(38)23(7)24(8)41-34(30)35/h9-14,16,23-24,26-27,39H,5,15,17-19H2,1-4,6-8H3,(H,36,37)/t23-,24-,26+,27+,35-/m1/s1. The first-order valence-corrected chi connectivity index (χ1v) is 14.3. The van der Waals surface area contributed by atoms with E-state index in [0.717, 1.165) is 16.7 Å². The summed E-state index contributed by atoms with van der Waals surface area (Å²) in [5.41, 5.74) is 2.23. The Morgan fingerprint density at radius 1 is 1.05 bits per heavy atom. The number of allylic oxidation sites excluding steroid dienone is 8. The van der Waals surface area contributed by atoms with Gasteiger partial charge in [-0.1, -0.05) is 72.7 Å². The van der Waals surface area contributed by atoms with E-state index >= 15 is 4.79 Å². The van der Waals surface area contributed by atoms with Crippen LogP contribution in [0.3, 0.4) is 0 Å². The molecule has 2 N–H and O–H groups in total. The molecule has 1 aromatic carbocycles. The zero-order valence-corrected chi connectivity index (χ0v) is 25.4. The highest BCUT2D eigenvalue weighted by Gasteiger charge is 2.56. The molecule has 6 heteroatoms. The summed E-state index contributed by atoms with van der Waals surface area (Å²) >= 11 is 0. The van der Waals surface area contributed by atoms with Crippen molar-refractivity contribution in [3.05, 3.63) is 94.0 Å². The van der Waals surface area contributed by atoms with Gasteiger partial charge in [0.15, 0.2) is 11.6 Å². The molecule has 0 radical (unpaired) electrons. The first kappa shape index (κ1) is 31.9. The first-order chi connectivity index (χ1) is 19.2. The molecule has 220 valence electrons. The summed E-state index contributed by atoms with van der Waals surface area (Å²) in [4.78, 5) is 41.0. The maximum atomic E-state index is 15.0. The maximum absolute atomic E-state index is 15.0. The number of hydrogen-bond acceptors (Lipinski definition) is 5. The monoisotopic (exact) mass is 560 g/mol. The van der Waals surface area contributed by atoms with Gasteiger partial charge < -0.3 is 14.9 Å². The van der Waals surface area contributed by atoms with Crippen LogP contribution in [0.4, 0.5) is 0 Å². The Bertz CT molecular complexity index is 1330. The molecule has 1 aliphatic carbocycles. The van der Waals surface area contributed by atoms with Gasteiger partial charge in [0.05, 0.1) is 23.3 Å². The average Bonchev–Trinajstić information content (AvgIpc) is 2.90. The van der Waals surface area contributed by atoms with Crippen molar-refractivity contribution in [1.29, 1.82) is 0 Å². The van der Waals surface area contributed by atoms with Crippen LogP contribution in [0.15, 0.2) is 88.4 Å². The van der Waals surface area contributed by atoms with Gasteiger partial charge in [-0.2, -0.15) is 0 Å². The number of carbonyl (C=O) groups is 3. The predicted molar refractivity (Wildman–Crippen MR) is 161 cm³/mol. The third-order valence-electron chi connectivity index (χ3n) is 8.39. The molecule has 0 amide bonds. The normalized spacial score (nSPS) is 23.8. The number of ketones is 2. The minimum Gasteiger partial charge on any atom is -0.507 e. The van der Waals surface area contributed by atoms with Gasteiger partial charge in [0.25, 0.3) is 0 Å². The zero-order chi connectivity index (χ0) is 30.6. The summed E-state index contributed by atoms with van der Waals surface area (Å²) in [6.45, 7) is 17.6. The van der Waals surface area contributed by atoms with E-state index in [1.807, 2.05) is 40.7 Å². The second-order valence-corrected chi connectivity index (χ2v) is 12.2. The molecule has 6 nitrogen and oxygen atoms in total. The van der Waals surface area contributed by atoms with Crippen LogP contribution in [0, 0.1) is 17.3 Å². The van der Waals surface area contributed by atoms with Crippen molar-refractivity contribution in [2.75, 3.05) is 0 Å². The SMILES string of the molecule is C=C(C)[C@@H](CC=C(C)C)C[C@]1(CC=C(C)C)C(=O)C([C@@H](CC(=O)O)c2ccccc2)=C(O)C2=C1O[C@H](C)[C@@H](C)C2=O. The fourth-order valence-corrected chi connectivity index (χ4v) is 5.74. The van der Waals surface area contributed by atoms with Gasteiger partial charge in [-0.25, -0.2) is 0 Å². The number of carboxylic acid groups (broad SMARTS) is 1. The second kappa shape index (κ2) is 12.9. The van der Waals surface area contributed by atoms with E-state index in [4.69, 9.17) is 4.74 Å². The van der Waals surface area contributed by atoms with Crippen molar-refractivity contribution in [3.8, 4) is 0 Å². The summed E-state index contributed by atoms with van der Waals surface area (Å²) in [6.07, 6.45) is 4.34. The number of carboxylic acids is 1. The van der Waals surface area contributed by atoms with Gasteiger partial charge in [-0.3, -0.25) is 14.4 Å². The fraction of sp³-hybridized carbons (Fsp3) is 0.457. The molecule has 2 aliphatic rings. The Kier molecular flexibility index (Phi) is 10.0. The average molecular weight is 561 g/mol. The van der Waals surface area contributed by atoms with Crippen molar-refractivity contribution < 1.29 is 29.3 Å². The number of ether oxygens (including phenoxy) is 1. The molecule has 0 bridgehead atoms. The van der Waals surface area contributed by atoms with Gasteiger partial charge >= 0.3 is 5.97 Å². The number of Topliss-reactive ketones (excluding diaryl/α,β-unsaturated/α-hetero) is 2. The maximum Gasteiger partial charge on any atom is 0.304 e. The van der Waals surface area contributed by atoms with Crippen molar-refractivity contribution in [2.45, 2.75) is 86.2 Å². The molecular formula is C35H44O6. The largest absolute Gasteiger partial charge is 0.507 e. The van der Waals surface area contributed by atoms with E-state index in [1.54, 1.807) is 44.2 Å². The molecule has 1 aliphatic heterocycles. The van der Waals surface area contributed by atoms with Crippen LogP contribution in [0.1, 0.15) is 85.6 Å². The number of aliphatic hydroxyl groups excluding tert-OH is 1. The minimum atomic E-state index is -1.33. The van der Waals surface area contributed by atoms with Crippen LogP contribution in [-0.4, -0.2) is 33.9 Å². The zero-order valence-electron chi connectivity index (χ0n) is 25.4. The van der Waals surface area contributed by atoms with Gasteiger partial charge in [-0.05, 0) is 72.3 Å². The molecule has 0 spiro atoms. The van der Waals surface area contributed by atoms with E-state index in [9.17, 15) is 19.8 Å². The Morgan fingerprint density at radius 2 is 1.66 bits per heavy atom. The van der Waals surface area contributed by atoms with Gasteiger partial charge in [0.1, 0.15) is 17.6 Å². The number of hydrogen-bond donors (Lipinski definition) is 2. The smallest absolute Gasteiger partial charge is 0.304 e. The highest BCUT2D eigenvalue weighted by molar-refractivity contribution is 6.13. The lowest BCUT2D eigenvalue weighted by Crippen LogP contribution is -2.48. The topological polar surface area (TPSA) is 101 Å². The number of benzene rings is 1. The molecule has 0 fully saturated rings. The van der Waals surface area contributed by atoms with Crippen molar-refractivity contribution in [1.82, 2.24) is 0 Å². The molecule has 0 saturated heterocycles. The molecule has 1 heterocycles. The van der Waals surface area contributed by atoms with Crippen LogP contribution in [0.2, 0.25) is 0 Å². The quantitative estimate of drug-likeness (QED) is 0.268. The predicted octanol–water partition coefficient (Wildman–Crippen LogP) is 7.80. The molecular weight excluding hydrogens is 516 g/mol. The molecule has 0 aromatic heterocycles. The Balaban J connectivity index is 2.41. The van der Waals surface area contributed by atoms with Crippen LogP contribution < -0.4 is 0 Å². The summed E-state index contributed by atoms with van der Waals surface area (Å²) in [7, 11) is 0. The molecule has 1 aromatic rings. The van der Waals surface area contributed by atoms with E-state index < -0.39 is 47.3 Å². The number of aliphatic carboxylic acids is 1. The molecule has 5 atom stereocenters. The first-order valence-electron chi connectivity index (χ1n) is 14.3. The van der Waals surface area contributed by atoms with Gasteiger partial charge in [0, 0.05) is 11.5 Å². The highest BCUT2D eigenvalue weighted by Crippen LogP contribution is 2.54. The lowest BCUT2D eigenvalue weighted by atomic mass is 9.61. The molecule has 3 rings (SSSR count). The van der Waals surface area contributed by atoms with E-state index in [2.05, 4.69) is 12.7 Å². The summed E-state index contributed by atoms with van der Waals surface area (Å²) in [5.74, 6) is -3.72. The molecule has 0 unspecified atom stereocenters. The number of rotatable bonds is 11. The molecule has 0 saturated carbocycles. The lowest BCUT2D eigenvalue weighted by Gasteiger charge is -2.45. The number of carbonyl (C=O) groups excluding carboxylic acids is 2. The van der Waals surface area contributed by atoms with E-state index in [-0.39, 0.29) is 35.0 Å². The van der Waals surface area contributed by atoms with Crippen LogP contribution in [-0.2, 0) is 19.1 Å². The fourth-order valence-electron chi connectivity index (χ4n) is 5.74. The van der Waals surface area contributed by atoms with E-state index in [1.165, 1.54) is 0 Å². The van der Waals surface area contributed by atoms with Gasteiger partial charge in [0.2, 0.25) is 0 Å². The Labute approximate surface area is 244 Å². The van der Waals surface area contributed by atoms with Crippen LogP contribution >= 0.6 is 0 Å². The summed E-state index contributed by atoms with van der Waals surface area (Å²) in [6, 6.07) is 8.84. The third-order valence-corrected chi connectivity index (χ3v) is 8.39. The van der Waals surface area contributed by atoms with Crippen molar-refractivity contribution in [3.63, 3.8) is 0 Å². The van der Waals surface area contributed by atoms with E-state index in [0.29, 0.717) is 18.4 Å². The van der Waals surface area contributed by atoms with Crippen LogP contribution in [0.25, 0.3) is 0 Å².